The lowest BCUT2D eigenvalue weighted by atomic mass is 10.1. The number of piperazine rings is 1. The molecule has 0 aromatic rings. The van der Waals surface area contributed by atoms with Crippen LogP contribution in [0.1, 0.15) is 12.8 Å². The molecule has 2 aliphatic rings. The maximum atomic E-state index is 11.8. The van der Waals surface area contributed by atoms with Crippen LogP contribution in [0.5, 0.6) is 0 Å². The third-order valence-corrected chi connectivity index (χ3v) is 2.84. The van der Waals surface area contributed by atoms with Gasteiger partial charge in [-0.3, -0.25) is 9.59 Å². The van der Waals surface area contributed by atoms with Gasteiger partial charge < -0.3 is 15.0 Å². The van der Waals surface area contributed by atoms with Gasteiger partial charge in [0.25, 0.3) is 5.91 Å². The van der Waals surface area contributed by atoms with Crippen molar-refractivity contribution in [1.82, 2.24) is 10.2 Å². The van der Waals surface area contributed by atoms with E-state index < -0.39 is 6.10 Å². The van der Waals surface area contributed by atoms with Gasteiger partial charge in [0, 0.05) is 32.8 Å². The van der Waals surface area contributed by atoms with Crippen molar-refractivity contribution in [1.29, 1.82) is 0 Å². The molecule has 0 aliphatic carbocycles. The number of hydrogen-bond donors (Lipinski definition) is 1. The number of nitrogens with one attached hydrogen (secondary N) is 1. The Morgan fingerprint density at radius 1 is 1.27 bits per heavy atom. The zero-order valence-corrected chi connectivity index (χ0v) is 8.70. The van der Waals surface area contributed by atoms with E-state index >= 15 is 0 Å². The molecule has 5 nitrogen and oxygen atoms in total. The Morgan fingerprint density at radius 2 is 2.00 bits per heavy atom. The van der Waals surface area contributed by atoms with E-state index in [9.17, 15) is 9.59 Å². The van der Waals surface area contributed by atoms with Crippen molar-refractivity contribution in [2.45, 2.75) is 18.9 Å². The van der Waals surface area contributed by atoms with Crippen molar-refractivity contribution < 1.29 is 14.3 Å². The molecule has 2 fully saturated rings. The van der Waals surface area contributed by atoms with Crippen molar-refractivity contribution in [3.05, 3.63) is 0 Å². The molecule has 1 amide bonds. The normalized spacial score (nSPS) is 26.7. The number of Topliss-reactive ketones (excluding diaryl/α,β-unsaturated/α-hetero) is 1. The molecule has 84 valence electrons. The molecule has 2 rings (SSSR count). The average molecular weight is 212 g/mol. The fourth-order valence-electron chi connectivity index (χ4n) is 1.95. The molecule has 2 heterocycles. The molecule has 0 saturated carbocycles. The molecular formula is C10H16N2O3. The lowest BCUT2D eigenvalue weighted by molar-refractivity contribution is -0.149. The van der Waals surface area contributed by atoms with Gasteiger partial charge in [0.1, 0.15) is 6.10 Å². The molecule has 1 N–H and O–H groups in total. The van der Waals surface area contributed by atoms with Gasteiger partial charge in [-0.25, -0.2) is 0 Å². The summed E-state index contributed by atoms with van der Waals surface area (Å²) in [5, 5.41) is 3.14. The molecule has 0 bridgehead atoms. The van der Waals surface area contributed by atoms with Crippen LogP contribution in [-0.4, -0.2) is 55.5 Å². The molecule has 0 unspecified atom stereocenters. The Labute approximate surface area is 88.8 Å². The quantitative estimate of drug-likeness (QED) is 0.607. The Hall–Kier alpha value is -0.940. The van der Waals surface area contributed by atoms with Crippen LogP contribution in [-0.2, 0) is 14.3 Å². The van der Waals surface area contributed by atoms with Crippen LogP contribution >= 0.6 is 0 Å². The van der Waals surface area contributed by atoms with E-state index in [0.717, 1.165) is 19.5 Å². The molecule has 2 aliphatic heterocycles. The summed E-state index contributed by atoms with van der Waals surface area (Å²) in [7, 11) is 0. The van der Waals surface area contributed by atoms with Crippen LogP contribution < -0.4 is 5.32 Å². The molecule has 0 radical (unpaired) electrons. The van der Waals surface area contributed by atoms with Gasteiger partial charge in [0.2, 0.25) is 5.78 Å². The third-order valence-electron chi connectivity index (χ3n) is 2.84. The number of hydrogen-bond acceptors (Lipinski definition) is 4. The predicted octanol–water partition coefficient (Wildman–Crippen LogP) is -0.834. The summed E-state index contributed by atoms with van der Waals surface area (Å²) in [6.07, 6.45) is 1.09. The van der Waals surface area contributed by atoms with E-state index in [-0.39, 0.29) is 11.7 Å². The summed E-state index contributed by atoms with van der Waals surface area (Å²) in [5.74, 6) is -0.738. The van der Waals surface area contributed by atoms with Crippen LogP contribution in [0.25, 0.3) is 0 Å². The number of carbonyl (C=O) groups is 2. The first-order valence-electron chi connectivity index (χ1n) is 5.44. The first-order chi connectivity index (χ1) is 7.29. The Morgan fingerprint density at radius 3 is 2.60 bits per heavy atom. The number of rotatable bonds is 2. The maximum absolute atomic E-state index is 11.8. The van der Waals surface area contributed by atoms with Crippen LogP contribution in [0.2, 0.25) is 0 Å². The van der Waals surface area contributed by atoms with Crippen molar-refractivity contribution in [2.75, 3.05) is 32.8 Å². The molecular weight excluding hydrogens is 196 g/mol. The van der Waals surface area contributed by atoms with Crippen LogP contribution in [0.15, 0.2) is 0 Å². The topological polar surface area (TPSA) is 58.6 Å². The van der Waals surface area contributed by atoms with E-state index in [1.54, 1.807) is 4.90 Å². The first-order valence-corrected chi connectivity index (χ1v) is 5.44. The average Bonchev–Trinajstić information content (AvgIpc) is 2.82. The lowest BCUT2D eigenvalue weighted by Gasteiger charge is -2.27. The molecule has 15 heavy (non-hydrogen) atoms. The van der Waals surface area contributed by atoms with Crippen LogP contribution in [0.3, 0.4) is 0 Å². The minimum atomic E-state index is -0.479. The van der Waals surface area contributed by atoms with E-state index in [4.69, 9.17) is 4.74 Å². The molecule has 0 spiro atoms. The third kappa shape index (κ3) is 2.35. The lowest BCUT2D eigenvalue weighted by Crippen LogP contribution is -2.50. The molecule has 2 saturated heterocycles. The molecule has 0 aromatic carbocycles. The van der Waals surface area contributed by atoms with Crippen molar-refractivity contribution in [2.24, 2.45) is 0 Å². The summed E-state index contributed by atoms with van der Waals surface area (Å²) in [6, 6.07) is 0. The summed E-state index contributed by atoms with van der Waals surface area (Å²) >= 11 is 0. The highest BCUT2D eigenvalue weighted by atomic mass is 16.5. The summed E-state index contributed by atoms with van der Waals surface area (Å²) in [5.41, 5.74) is 0. The van der Waals surface area contributed by atoms with Gasteiger partial charge in [-0.2, -0.15) is 0 Å². The number of ketones is 1. The largest absolute Gasteiger partial charge is 0.370 e. The van der Waals surface area contributed by atoms with Gasteiger partial charge in [-0.05, 0) is 12.8 Å². The fraction of sp³-hybridized carbons (Fsp3) is 0.800. The number of carbonyl (C=O) groups excluding carboxylic acids is 2. The van der Waals surface area contributed by atoms with Crippen molar-refractivity contribution in [3.63, 3.8) is 0 Å². The highest BCUT2D eigenvalue weighted by molar-refractivity contribution is 6.37. The zero-order valence-electron chi connectivity index (χ0n) is 8.70. The Bertz CT molecular complexity index is 255. The van der Waals surface area contributed by atoms with Gasteiger partial charge in [-0.15, -0.1) is 0 Å². The summed E-state index contributed by atoms with van der Waals surface area (Å²) in [4.78, 5) is 25.1. The minimum Gasteiger partial charge on any atom is -0.370 e. The molecule has 5 heteroatoms. The van der Waals surface area contributed by atoms with E-state index in [1.807, 2.05) is 0 Å². The van der Waals surface area contributed by atoms with Gasteiger partial charge >= 0.3 is 0 Å². The standard InChI is InChI=1S/C10H16N2O3/c13-9(8-2-1-7-15-8)10(14)12-5-3-11-4-6-12/h8,11H,1-7H2/t8-/m0/s1. The molecule has 0 aromatic heterocycles. The highest BCUT2D eigenvalue weighted by Gasteiger charge is 2.32. The van der Waals surface area contributed by atoms with Crippen LogP contribution in [0, 0.1) is 0 Å². The zero-order chi connectivity index (χ0) is 10.7. The van der Waals surface area contributed by atoms with E-state index in [2.05, 4.69) is 5.32 Å². The highest BCUT2D eigenvalue weighted by Crippen LogP contribution is 2.14. The second-order valence-corrected chi connectivity index (χ2v) is 3.91. The van der Waals surface area contributed by atoms with Gasteiger partial charge in [0.15, 0.2) is 0 Å². The number of nitrogens with zero attached hydrogens (tertiary/aromatic N) is 1. The number of ether oxygens (including phenoxy) is 1. The second kappa shape index (κ2) is 4.72. The summed E-state index contributed by atoms with van der Waals surface area (Å²) < 4.78 is 5.21. The minimum absolute atomic E-state index is 0.366. The fourth-order valence-corrected chi connectivity index (χ4v) is 1.95. The smallest absolute Gasteiger partial charge is 0.292 e. The van der Waals surface area contributed by atoms with Crippen LogP contribution in [0.4, 0.5) is 0 Å². The maximum Gasteiger partial charge on any atom is 0.292 e. The molecule has 1 atom stereocenters. The summed E-state index contributed by atoms with van der Waals surface area (Å²) in [6.45, 7) is 3.38. The Balaban J connectivity index is 1.90. The first kappa shape index (κ1) is 10.6. The Kier molecular flexibility index (Phi) is 3.33. The van der Waals surface area contributed by atoms with Gasteiger partial charge in [-0.1, -0.05) is 0 Å². The predicted molar refractivity (Wildman–Crippen MR) is 53.4 cm³/mol. The van der Waals surface area contributed by atoms with Crippen molar-refractivity contribution in [3.8, 4) is 0 Å². The second-order valence-electron chi connectivity index (χ2n) is 3.91. The number of amides is 1. The van der Waals surface area contributed by atoms with E-state index in [0.29, 0.717) is 26.1 Å². The van der Waals surface area contributed by atoms with E-state index in [1.165, 1.54) is 0 Å². The monoisotopic (exact) mass is 212 g/mol. The van der Waals surface area contributed by atoms with Crippen molar-refractivity contribution >= 4 is 11.7 Å². The SMILES string of the molecule is O=C(C(=O)N1CCNCC1)[C@@H]1CCCO1. The van der Waals surface area contributed by atoms with Gasteiger partial charge in [0.05, 0.1) is 0 Å².